The van der Waals surface area contributed by atoms with E-state index in [4.69, 9.17) is 49.4 Å². The first-order valence-electron chi connectivity index (χ1n) is 6.21. The maximum atomic E-state index is 11.1. The second kappa shape index (κ2) is 7.58. The van der Waals surface area contributed by atoms with E-state index in [1.165, 1.54) is 12.1 Å². The maximum Gasteiger partial charge on any atom is 0.339 e. The minimum absolute atomic E-state index is 0.00275. The molecule has 1 N–H and O–H groups in total. The molecule has 0 aliphatic rings. The van der Waals surface area contributed by atoms with Gasteiger partial charge in [-0.1, -0.05) is 34.8 Å². The van der Waals surface area contributed by atoms with E-state index in [0.717, 1.165) is 0 Å². The summed E-state index contributed by atoms with van der Waals surface area (Å²) >= 11 is 17.5. The summed E-state index contributed by atoms with van der Waals surface area (Å²) in [5.41, 5.74) is -0.00275. The van der Waals surface area contributed by atoms with Crippen LogP contribution in [0.1, 0.15) is 10.4 Å². The Kier molecular flexibility index (Phi) is 5.77. The number of carbonyl (C=O) groups is 1. The molecular formula is C15H11Cl3O4. The highest BCUT2D eigenvalue weighted by Gasteiger charge is 2.12. The molecule has 0 aliphatic carbocycles. The normalized spacial score (nSPS) is 10.3. The van der Waals surface area contributed by atoms with Crippen molar-refractivity contribution in [1.29, 1.82) is 0 Å². The van der Waals surface area contributed by atoms with Crippen LogP contribution in [0.4, 0.5) is 0 Å². The number of halogens is 3. The third kappa shape index (κ3) is 4.44. The van der Waals surface area contributed by atoms with Crippen molar-refractivity contribution in [1.82, 2.24) is 0 Å². The van der Waals surface area contributed by atoms with Crippen molar-refractivity contribution in [3.63, 3.8) is 0 Å². The number of benzene rings is 2. The fraction of sp³-hybridized carbons (Fsp3) is 0.133. The summed E-state index contributed by atoms with van der Waals surface area (Å²) in [7, 11) is 0. The van der Waals surface area contributed by atoms with E-state index >= 15 is 0 Å². The monoisotopic (exact) mass is 360 g/mol. The molecule has 0 atom stereocenters. The number of carboxylic acid groups (broad SMARTS) is 1. The lowest BCUT2D eigenvalue weighted by atomic mass is 10.2. The van der Waals surface area contributed by atoms with Gasteiger partial charge in [-0.2, -0.15) is 0 Å². The Balaban J connectivity index is 1.93. The smallest absolute Gasteiger partial charge is 0.339 e. The number of ether oxygens (including phenoxy) is 2. The van der Waals surface area contributed by atoms with Crippen molar-refractivity contribution in [2.24, 2.45) is 0 Å². The van der Waals surface area contributed by atoms with Crippen LogP contribution in [0.15, 0.2) is 36.4 Å². The van der Waals surface area contributed by atoms with Crippen molar-refractivity contribution in [3.8, 4) is 11.5 Å². The minimum atomic E-state index is -1.11. The second-order valence-electron chi connectivity index (χ2n) is 4.22. The first kappa shape index (κ1) is 16.7. The molecule has 4 nitrogen and oxygen atoms in total. The molecule has 0 spiro atoms. The number of hydrogen-bond donors (Lipinski definition) is 1. The summed E-state index contributed by atoms with van der Waals surface area (Å²) < 4.78 is 10.9. The number of rotatable bonds is 6. The summed E-state index contributed by atoms with van der Waals surface area (Å²) in [5.74, 6) is -0.411. The Morgan fingerprint density at radius 1 is 0.909 bits per heavy atom. The molecule has 0 aliphatic heterocycles. The SMILES string of the molecule is O=C(O)c1cc(Cl)ccc1OCCOc1ccc(Cl)cc1Cl. The van der Waals surface area contributed by atoms with Gasteiger partial charge in [-0.05, 0) is 36.4 Å². The van der Waals surface area contributed by atoms with Crippen LogP contribution in [0.5, 0.6) is 11.5 Å². The van der Waals surface area contributed by atoms with E-state index in [1.807, 2.05) is 0 Å². The van der Waals surface area contributed by atoms with Crippen LogP contribution in [0.25, 0.3) is 0 Å². The molecule has 2 rings (SSSR count). The summed E-state index contributed by atoms with van der Waals surface area (Å²) in [6.07, 6.45) is 0. The first-order chi connectivity index (χ1) is 10.5. The van der Waals surface area contributed by atoms with Gasteiger partial charge in [0, 0.05) is 10.0 Å². The van der Waals surface area contributed by atoms with Gasteiger partial charge in [-0.3, -0.25) is 0 Å². The third-order valence-electron chi connectivity index (χ3n) is 2.66. The number of aromatic carboxylic acids is 1. The molecule has 0 saturated heterocycles. The molecule has 2 aromatic carbocycles. The van der Waals surface area contributed by atoms with Crippen molar-refractivity contribution in [2.75, 3.05) is 13.2 Å². The molecule has 2 aromatic rings. The minimum Gasteiger partial charge on any atom is -0.489 e. The molecule has 0 heterocycles. The summed E-state index contributed by atoms with van der Waals surface area (Å²) in [6, 6.07) is 9.26. The standard InChI is InChI=1S/C15H11Cl3O4/c16-9-1-3-13(11(7-9)15(19)20)21-5-6-22-14-4-2-10(17)8-12(14)18/h1-4,7-8H,5-6H2,(H,19,20). The van der Waals surface area contributed by atoms with Crippen LogP contribution in [-0.4, -0.2) is 24.3 Å². The van der Waals surface area contributed by atoms with E-state index in [0.29, 0.717) is 20.8 Å². The van der Waals surface area contributed by atoms with Gasteiger partial charge < -0.3 is 14.6 Å². The summed E-state index contributed by atoms with van der Waals surface area (Å²) in [6.45, 7) is 0.351. The molecule has 0 amide bonds. The van der Waals surface area contributed by atoms with Gasteiger partial charge >= 0.3 is 5.97 Å². The van der Waals surface area contributed by atoms with Crippen LogP contribution in [-0.2, 0) is 0 Å². The molecule has 116 valence electrons. The average molecular weight is 362 g/mol. The summed E-state index contributed by atoms with van der Waals surface area (Å²) in [4.78, 5) is 11.1. The molecule has 0 saturated carbocycles. The quantitative estimate of drug-likeness (QED) is 0.751. The van der Waals surface area contributed by atoms with Crippen LogP contribution in [0.2, 0.25) is 15.1 Å². The molecule has 0 fully saturated rings. The lowest BCUT2D eigenvalue weighted by Crippen LogP contribution is -2.11. The second-order valence-corrected chi connectivity index (χ2v) is 5.50. The van der Waals surface area contributed by atoms with E-state index < -0.39 is 5.97 Å². The fourth-order valence-electron chi connectivity index (χ4n) is 1.69. The van der Waals surface area contributed by atoms with Crippen LogP contribution >= 0.6 is 34.8 Å². The number of hydrogen-bond acceptors (Lipinski definition) is 3. The van der Waals surface area contributed by atoms with Crippen molar-refractivity contribution >= 4 is 40.8 Å². The zero-order valence-corrected chi connectivity index (χ0v) is 13.5. The molecule has 0 radical (unpaired) electrons. The van der Waals surface area contributed by atoms with Crippen molar-refractivity contribution in [2.45, 2.75) is 0 Å². The highest BCUT2D eigenvalue weighted by atomic mass is 35.5. The van der Waals surface area contributed by atoms with Crippen LogP contribution in [0.3, 0.4) is 0 Å². The zero-order valence-electron chi connectivity index (χ0n) is 11.2. The number of carboxylic acids is 1. The Hall–Kier alpha value is -1.62. The van der Waals surface area contributed by atoms with Gasteiger partial charge in [0.05, 0.1) is 5.02 Å². The van der Waals surface area contributed by atoms with Gasteiger partial charge in [0.15, 0.2) is 0 Å². The van der Waals surface area contributed by atoms with Crippen LogP contribution in [0, 0.1) is 0 Å². The average Bonchev–Trinajstić information content (AvgIpc) is 2.46. The predicted molar refractivity (Wildman–Crippen MR) is 85.9 cm³/mol. The topological polar surface area (TPSA) is 55.8 Å². The van der Waals surface area contributed by atoms with Gasteiger partial charge in [0.25, 0.3) is 0 Å². The van der Waals surface area contributed by atoms with E-state index in [9.17, 15) is 4.79 Å². The lowest BCUT2D eigenvalue weighted by molar-refractivity contribution is 0.0691. The zero-order chi connectivity index (χ0) is 16.1. The van der Waals surface area contributed by atoms with Crippen LogP contribution < -0.4 is 9.47 Å². The molecule has 0 aromatic heterocycles. The van der Waals surface area contributed by atoms with Gasteiger partial charge in [-0.25, -0.2) is 4.79 Å². The molecule has 0 unspecified atom stereocenters. The summed E-state index contributed by atoms with van der Waals surface area (Å²) in [5, 5.41) is 10.3. The van der Waals surface area contributed by atoms with Crippen molar-refractivity contribution < 1.29 is 19.4 Å². The lowest BCUT2D eigenvalue weighted by Gasteiger charge is -2.11. The van der Waals surface area contributed by atoms with E-state index in [2.05, 4.69) is 0 Å². The van der Waals surface area contributed by atoms with Gasteiger partial charge in [0.1, 0.15) is 30.3 Å². The van der Waals surface area contributed by atoms with E-state index in [-0.39, 0.29) is 24.5 Å². The van der Waals surface area contributed by atoms with E-state index in [1.54, 1.807) is 24.3 Å². The first-order valence-corrected chi connectivity index (χ1v) is 7.34. The Bertz CT molecular complexity index is 688. The molecule has 22 heavy (non-hydrogen) atoms. The third-order valence-corrected chi connectivity index (χ3v) is 3.43. The highest BCUT2D eigenvalue weighted by molar-refractivity contribution is 6.35. The Labute approximate surface area is 142 Å². The molecule has 0 bridgehead atoms. The maximum absolute atomic E-state index is 11.1. The molecular weight excluding hydrogens is 351 g/mol. The molecule has 7 heteroatoms. The largest absolute Gasteiger partial charge is 0.489 e. The van der Waals surface area contributed by atoms with Gasteiger partial charge in [-0.15, -0.1) is 0 Å². The van der Waals surface area contributed by atoms with Gasteiger partial charge in [0.2, 0.25) is 0 Å². The predicted octanol–water partition coefficient (Wildman–Crippen LogP) is 4.80. The van der Waals surface area contributed by atoms with Crippen molar-refractivity contribution in [3.05, 3.63) is 57.0 Å². The Morgan fingerprint density at radius 2 is 1.45 bits per heavy atom. The Morgan fingerprint density at radius 3 is 2.05 bits per heavy atom. The highest BCUT2D eigenvalue weighted by Crippen LogP contribution is 2.27. The fourth-order valence-corrected chi connectivity index (χ4v) is 2.33.